The molecule has 6 nitrogen and oxygen atoms in total. The van der Waals surface area contributed by atoms with Gasteiger partial charge in [-0.05, 0) is 73.9 Å². The van der Waals surface area contributed by atoms with Gasteiger partial charge in [-0.2, -0.15) is 5.10 Å². The van der Waals surface area contributed by atoms with Crippen LogP contribution in [0.15, 0.2) is 42.5 Å². The van der Waals surface area contributed by atoms with Gasteiger partial charge in [0.15, 0.2) is 22.1 Å². The third-order valence-corrected chi connectivity index (χ3v) is 4.79. The molecule has 0 amide bonds. The highest BCUT2D eigenvalue weighted by atomic mass is 32.1. The fourth-order valence-electron chi connectivity index (χ4n) is 3.09. The van der Waals surface area contributed by atoms with Crippen LogP contribution in [0.4, 0.5) is 0 Å². The Morgan fingerprint density at radius 1 is 1.04 bits per heavy atom. The molecule has 0 saturated carbocycles. The second kappa shape index (κ2) is 9.41. The lowest BCUT2D eigenvalue weighted by molar-refractivity contribution is 0.340. The summed E-state index contributed by atoms with van der Waals surface area (Å²) in [5.74, 6) is 3.16. The van der Waals surface area contributed by atoms with Gasteiger partial charge in [0.25, 0.3) is 0 Å². The van der Waals surface area contributed by atoms with Crippen LogP contribution in [0.5, 0.6) is 17.2 Å². The highest BCUT2D eigenvalue weighted by Crippen LogP contribution is 2.28. The highest BCUT2D eigenvalue weighted by Gasteiger charge is 2.10. The number of rotatable bonds is 9. The number of H-pyrrole nitrogens is 1. The molecule has 0 aliphatic carbocycles. The van der Waals surface area contributed by atoms with Crippen molar-refractivity contribution >= 4 is 12.2 Å². The monoisotopic (exact) mass is 399 g/mol. The van der Waals surface area contributed by atoms with Crippen LogP contribution in [-0.4, -0.2) is 35.6 Å². The van der Waals surface area contributed by atoms with E-state index in [1.165, 1.54) is 5.56 Å². The minimum absolute atomic E-state index is 0.621. The van der Waals surface area contributed by atoms with E-state index in [0.717, 1.165) is 48.0 Å². The first kappa shape index (κ1) is 19.9. The van der Waals surface area contributed by atoms with E-state index in [-0.39, 0.29) is 0 Å². The number of benzene rings is 2. The molecule has 3 rings (SSSR count). The van der Waals surface area contributed by atoms with Crippen LogP contribution in [-0.2, 0) is 13.0 Å². The Balaban J connectivity index is 1.70. The lowest BCUT2D eigenvalue weighted by Gasteiger charge is -2.10. The lowest BCUT2D eigenvalue weighted by Crippen LogP contribution is -2.03. The number of aromatic nitrogens is 3. The molecule has 148 valence electrons. The van der Waals surface area contributed by atoms with Gasteiger partial charge in [-0.3, -0.25) is 5.10 Å². The third kappa shape index (κ3) is 4.54. The standard InChI is InChI=1S/C21H25N3O3S/c1-4-27-17-10-8-16(9-11-17)20-22-23-21(28)24(20)13-5-6-15-7-12-18(25-2)19(14-15)26-3/h7-12,14H,4-6,13H2,1-3H3,(H,23,28). The maximum Gasteiger partial charge on any atom is 0.195 e. The normalized spacial score (nSPS) is 10.7. The molecule has 1 aromatic heterocycles. The number of aryl methyl sites for hydroxylation is 1. The molecule has 0 fully saturated rings. The van der Waals surface area contributed by atoms with E-state index in [4.69, 9.17) is 26.4 Å². The molecule has 0 unspecified atom stereocenters. The van der Waals surface area contributed by atoms with E-state index < -0.39 is 0 Å². The van der Waals surface area contributed by atoms with Gasteiger partial charge in [-0.1, -0.05) is 6.07 Å². The molecule has 28 heavy (non-hydrogen) atoms. The second-order valence-electron chi connectivity index (χ2n) is 6.25. The molecule has 0 atom stereocenters. The van der Waals surface area contributed by atoms with Crippen LogP contribution >= 0.6 is 12.2 Å². The van der Waals surface area contributed by atoms with Crippen LogP contribution < -0.4 is 14.2 Å². The summed E-state index contributed by atoms with van der Waals surface area (Å²) in [6.45, 7) is 3.39. The van der Waals surface area contributed by atoms with E-state index >= 15 is 0 Å². The molecule has 0 aliphatic rings. The molecule has 7 heteroatoms. The fourth-order valence-corrected chi connectivity index (χ4v) is 3.31. The minimum atomic E-state index is 0.621. The topological polar surface area (TPSA) is 61.3 Å². The van der Waals surface area contributed by atoms with Gasteiger partial charge >= 0.3 is 0 Å². The summed E-state index contributed by atoms with van der Waals surface area (Å²) in [6.07, 6.45) is 1.82. The number of ether oxygens (including phenoxy) is 3. The molecular formula is C21H25N3O3S. The van der Waals surface area contributed by atoms with Crippen molar-refractivity contribution < 1.29 is 14.2 Å². The first-order valence-corrected chi connectivity index (χ1v) is 9.66. The molecule has 0 spiro atoms. The average molecular weight is 400 g/mol. The number of methoxy groups -OCH3 is 2. The zero-order valence-corrected chi connectivity index (χ0v) is 17.2. The largest absolute Gasteiger partial charge is 0.494 e. The van der Waals surface area contributed by atoms with Crippen molar-refractivity contribution in [1.29, 1.82) is 0 Å². The van der Waals surface area contributed by atoms with E-state index in [2.05, 4.69) is 16.3 Å². The van der Waals surface area contributed by atoms with Gasteiger partial charge in [0.2, 0.25) is 0 Å². The molecule has 0 radical (unpaired) electrons. The van der Waals surface area contributed by atoms with Gasteiger partial charge in [0.05, 0.1) is 20.8 Å². The van der Waals surface area contributed by atoms with E-state index in [1.807, 2.05) is 47.9 Å². The first-order valence-electron chi connectivity index (χ1n) is 9.25. The summed E-state index contributed by atoms with van der Waals surface area (Å²) < 4.78 is 18.8. The molecule has 0 bridgehead atoms. The van der Waals surface area contributed by atoms with Crippen molar-refractivity contribution in [3.8, 4) is 28.6 Å². The van der Waals surface area contributed by atoms with Crippen LogP contribution in [0, 0.1) is 4.77 Å². The Hall–Kier alpha value is -2.80. The molecule has 0 aliphatic heterocycles. The van der Waals surface area contributed by atoms with Crippen molar-refractivity contribution in [2.24, 2.45) is 0 Å². The van der Waals surface area contributed by atoms with E-state index in [1.54, 1.807) is 14.2 Å². The number of hydrogen-bond donors (Lipinski definition) is 1. The zero-order chi connectivity index (χ0) is 19.9. The summed E-state index contributed by atoms with van der Waals surface area (Å²) in [6, 6.07) is 13.9. The summed E-state index contributed by atoms with van der Waals surface area (Å²) in [5, 5.41) is 7.31. The van der Waals surface area contributed by atoms with Crippen molar-refractivity contribution in [1.82, 2.24) is 14.8 Å². The van der Waals surface area contributed by atoms with Crippen LogP contribution in [0.2, 0.25) is 0 Å². The summed E-state index contributed by atoms with van der Waals surface area (Å²) >= 11 is 5.43. The van der Waals surface area contributed by atoms with Crippen LogP contribution in [0.1, 0.15) is 18.9 Å². The number of aromatic amines is 1. The average Bonchev–Trinajstić information content (AvgIpc) is 3.09. The van der Waals surface area contributed by atoms with Gasteiger partial charge < -0.3 is 18.8 Å². The fraction of sp³-hybridized carbons (Fsp3) is 0.333. The van der Waals surface area contributed by atoms with Crippen molar-refractivity contribution in [2.75, 3.05) is 20.8 Å². The Labute approximate surface area is 170 Å². The summed E-state index contributed by atoms with van der Waals surface area (Å²) in [5.41, 5.74) is 2.19. The quantitative estimate of drug-likeness (QED) is 0.531. The summed E-state index contributed by atoms with van der Waals surface area (Å²) in [7, 11) is 3.29. The van der Waals surface area contributed by atoms with Crippen molar-refractivity contribution in [3.63, 3.8) is 0 Å². The third-order valence-electron chi connectivity index (χ3n) is 4.48. The number of nitrogens with zero attached hydrogens (tertiary/aromatic N) is 2. The van der Waals surface area contributed by atoms with Gasteiger partial charge in [-0.15, -0.1) is 0 Å². The smallest absolute Gasteiger partial charge is 0.195 e. The minimum Gasteiger partial charge on any atom is -0.494 e. The maximum absolute atomic E-state index is 5.51. The van der Waals surface area contributed by atoms with Crippen LogP contribution in [0.3, 0.4) is 0 Å². The molecule has 3 aromatic rings. The number of nitrogens with one attached hydrogen (secondary N) is 1. The van der Waals surface area contributed by atoms with Gasteiger partial charge in [0.1, 0.15) is 5.75 Å². The molecule has 0 saturated heterocycles. The lowest BCUT2D eigenvalue weighted by atomic mass is 10.1. The highest BCUT2D eigenvalue weighted by molar-refractivity contribution is 7.71. The maximum atomic E-state index is 5.51. The van der Waals surface area contributed by atoms with E-state index in [9.17, 15) is 0 Å². The first-order chi connectivity index (χ1) is 13.7. The predicted octanol–water partition coefficient (Wildman–Crippen LogP) is 4.66. The Morgan fingerprint density at radius 2 is 1.79 bits per heavy atom. The molecular weight excluding hydrogens is 374 g/mol. The van der Waals surface area contributed by atoms with Gasteiger partial charge in [-0.25, -0.2) is 0 Å². The molecule has 1 N–H and O–H groups in total. The predicted molar refractivity (Wildman–Crippen MR) is 112 cm³/mol. The Kier molecular flexibility index (Phi) is 6.71. The van der Waals surface area contributed by atoms with Crippen molar-refractivity contribution in [2.45, 2.75) is 26.3 Å². The van der Waals surface area contributed by atoms with Crippen molar-refractivity contribution in [3.05, 3.63) is 52.8 Å². The van der Waals surface area contributed by atoms with E-state index in [0.29, 0.717) is 11.4 Å². The molecule has 1 heterocycles. The molecule has 2 aromatic carbocycles. The SMILES string of the molecule is CCOc1ccc(-c2n[nH]c(=S)n2CCCc2ccc(OC)c(OC)c2)cc1. The van der Waals surface area contributed by atoms with Crippen LogP contribution in [0.25, 0.3) is 11.4 Å². The van der Waals surface area contributed by atoms with Gasteiger partial charge in [0, 0.05) is 12.1 Å². The zero-order valence-electron chi connectivity index (χ0n) is 16.4. The Bertz CT molecular complexity index is 964. The summed E-state index contributed by atoms with van der Waals surface area (Å²) in [4.78, 5) is 0. The Morgan fingerprint density at radius 3 is 2.46 bits per heavy atom. The second-order valence-corrected chi connectivity index (χ2v) is 6.64. The number of hydrogen-bond acceptors (Lipinski definition) is 5.